The van der Waals surface area contributed by atoms with Crippen LogP contribution in [0.15, 0.2) is 52.3 Å². The number of fused-ring (bicyclic) bond motifs is 2. The minimum atomic E-state index is 0.0240. The average molecular weight is 438 g/mol. The van der Waals surface area contributed by atoms with Gasteiger partial charge >= 0.3 is 0 Å². The summed E-state index contributed by atoms with van der Waals surface area (Å²) in [5, 5.41) is 3.09. The summed E-state index contributed by atoms with van der Waals surface area (Å²) in [6.45, 7) is 10.8. The van der Waals surface area contributed by atoms with E-state index in [2.05, 4.69) is 72.3 Å². The van der Waals surface area contributed by atoms with Gasteiger partial charge in [0.1, 0.15) is 0 Å². The molecule has 0 bridgehead atoms. The molecule has 0 saturated carbocycles. The number of piperidine rings is 1. The molecule has 2 aromatic rings. The fraction of sp³-hybridized carbons (Fsp3) is 0.500. The highest BCUT2D eigenvalue weighted by molar-refractivity contribution is 7.99. The van der Waals surface area contributed by atoms with E-state index in [0.29, 0.717) is 12.0 Å². The van der Waals surface area contributed by atoms with Crippen molar-refractivity contribution in [2.75, 3.05) is 31.1 Å². The van der Waals surface area contributed by atoms with Gasteiger partial charge in [-0.25, -0.2) is 0 Å². The fourth-order valence-corrected chi connectivity index (χ4v) is 5.62. The number of hydrogen-bond acceptors (Lipinski definition) is 4. The van der Waals surface area contributed by atoms with Crippen LogP contribution in [-0.4, -0.2) is 43.0 Å². The highest BCUT2D eigenvalue weighted by Gasteiger charge is 2.29. The first-order valence-electron chi connectivity index (χ1n) is 11.7. The van der Waals surface area contributed by atoms with Crippen LogP contribution in [0.25, 0.3) is 0 Å². The monoisotopic (exact) mass is 437 g/mol. The van der Waals surface area contributed by atoms with Crippen molar-refractivity contribution in [1.29, 1.82) is 0 Å². The molecule has 0 aliphatic carbocycles. The second-order valence-corrected chi connectivity index (χ2v) is 10.4. The number of benzene rings is 2. The summed E-state index contributed by atoms with van der Waals surface area (Å²) in [4.78, 5) is 20.4. The Bertz CT molecular complexity index is 907. The average Bonchev–Trinajstić information content (AvgIpc) is 2.77. The van der Waals surface area contributed by atoms with E-state index in [4.69, 9.17) is 0 Å². The maximum atomic E-state index is 12.8. The number of carbonyl (C=O) groups is 1. The van der Waals surface area contributed by atoms with E-state index in [0.717, 1.165) is 30.8 Å². The molecule has 0 spiro atoms. The molecule has 1 fully saturated rings. The Kier molecular flexibility index (Phi) is 7.24. The summed E-state index contributed by atoms with van der Waals surface area (Å²) >= 11 is 1.80. The Morgan fingerprint density at radius 2 is 1.74 bits per heavy atom. The Balaban J connectivity index is 1.60. The van der Waals surface area contributed by atoms with Crippen molar-refractivity contribution >= 4 is 29.0 Å². The molecule has 166 valence electrons. The molecule has 1 amide bonds. The van der Waals surface area contributed by atoms with Gasteiger partial charge in [-0.05, 0) is 75.5 Å². The van der Waals surface area contributed by atoms with Crippen LogP contribution in [0.3, 0.4) is 0 Å². The van der Waals surface area contributed by atoms with Crippen LogP contribution < -0.4 is 10.2 Å². The van der Waals surface area contributed by atoms with Gasteiger partial charge in [0.2, 0.25) is 0 Å². The number of para-hydroxylation sites is 1. The van der Waals surface area contributed by atoms with Gasteiger partial charge in [0.05, 0.1) is 11.4 Å². The van der Waals surface area contributed by atoms with Crippen molar-refractivity contribution in [1.82, 2.24) is 10.2 Å². The molecule has 0 unspecified atom stereocenters. The molecule has 2 aliphatic rings. The van der Waals surface area contributed by atoms with Crippen molar-refractivity contribution in [2.24, 2.45) is 5.92 Å². The lowest BCUT2D eigenvalue weighted by molar-refractivity contribution is 0.0952. The second kappa shape index (κ2) is 10.1. The summed E-state index contributed by atoms with van der Waals surface area (Å²) in [6.07, 6.45) is 4.96. The van der Waals surface area contributed by atoms with Gasteiger partial charge in [-0.2, -0.15) is 0 Å². The summed E-state index contributed by atoms with van der Waals surface area (Å²) in [6, 6.07) is 15.2. The van der Waals surface area contributed by atoms with Gasteiger partial charge in [0.25, 0.3) is 5.91 Å². The topological polar surface area (TPSA) is 35.6 Å². The lowest BCUT2D eigenvalue weighted by atomic mass is 10.1. The van der Waals surface area contributed by atoms with E-state index in [1.165, 1.54) is 47.8 Å². The molecule has 4 nitrogen and oxygen atoms in total. The van der Waals surface area contributed by atoms with E-state index >= 15 is 0 Å². The normalized spacial score (nSPS) is 17.2. The lowest BCUT2D eigenvalue weighted by Gasteiger charge is -2.40. The third-order valence-electron chi connectivity index (χ3n) is 6.24. The zero-order chi connectivity index (χ0) is 21.8. The Morgan fingerprint density at radius 3 is 2.52 bits per heavy atom. The van der Waals surface area contributed by atoms with Crippen molar-refractivity contribution < 1.29 is 4.79 Å². The van der Waals surface area contributed by atoms with Gasteiger partial charge in [0.15, 0.2) is 0 Å². The van der Waals surface area contributed by atoms with Crippen LogP contribution in [-0.2, 0) is 0 Å². The van der Waals surface area contributed by atoms with Crippen LogP contribution in [0.2, 0.25) is 0 Å². The zero-order valence-electron chi connectivity index (χ0n) is 19.1. The maximum absolute atomic E-state index is 12.8. The van der Waals surface area contributed by atoms with Crippen LogP contribution in [0, 0.1) is 5.92 Å². The van der Waals surface area contributed by atoms with E-state index in [9.17, 15) is 4.79 Å². The molecule has 31 heavy (non-hydrogen) atoms. The number of amides is 1. The van der Waals surface area contributed by atoms with Crippen LogP contribution in [0.4, 0.5) is 11.4 Å². The van der Waals surface area contributed by atoms with Gasteiger partial charge in [-0.15, -0.1) is 0 Å². The quantitative estimate of drug-likeness (QED) is 0.581. The summed E-state index contributed by atoms with van der Waals surface area (Å²) < 4.78 is 0. The summed E-state index contributed by atoms with van der Waals surface area (Å²) in [7, 11) is 0. The molecule has 0 aromatic heterocycles. The second-order valence-electron chi connectivity index (χ2n) is 9.27. The number of nitrogens with one attached hydrogen (secondary N) is 1. The molecule has 1 saturated heterocycles. The predicted octanol–water partition coefficient (Wildman–Crippen LogP) is 5.94. The number of hydrogen-bond donors (Lipinski definition) is 1. The number of rotatable bonds is 7. The van der Waals surface area contributed by atoms with E-state index in [-0.39, 0.29) is 5.91 Å². The smallest absolute Gasteiger partial charge is 0.251 e. The molecule has 1 N–H and O–H groups in total. The maximum Gasteiger partial charge on any atom is 0.251 e. The largest absolute Gasteiger partial charge is 0.352 e. The van der Waals surface area contributed by atoms with E-state index < -0.39 is 0 Å². The van der Waals surface area contributed by atoms with Crippen molar-refractivity contribution in [3.05, 3.63) is 48.0 Å². The fourth-order valence-electron chi connectivity index (χ4n) is 4.57. The van der Waals surface area contributed by atoms with Gasteiger partial charge < -0.3 is 15.1 Å². The molecular formula is C26H35N3OS. The predicted molar refractivity (Wildman–Crippen MR) is 131 cm³/mol. The SMILES string of the molecule is CC(C)CCNC(=O)c1ccc2c(c1)N([C@H](C)CN1CCCCC1)c1ccccc1S2. The molecule has 2 aliphatic heterocycles. The first-order chi connectivity index (χ1) is 15.0. The lowest BCUT2D eigenvalue weighted by Crippen LogP contribution is -2.43. The third-order valence-corrected chi connectivity index (χ3v) is 7.37. The zero-order valence-corrected chi connectivity index (χ0v) is 19.9. The molecule has 2 aromatic carbocycles. The molecular weight excluding hydrogens is 402 g/mol. The highest BCUT2D eigenvalue weighted by atomic mass is 32.2. The minimum absolute atomic E-state index is 0.0240. The molecule has 0 radical (unpaired) electrons. The standard InChI is InChI=1S/C26H35N3OS/c1-19(2)13-14-27-26(30)21-11-12-25-23(17-21)29(22-9-5-6-10-24(22)31-25)20(3)18-28-15-7-4-8-16-28/h5-6,9-12,17,19-20H,4,7-8,13-16,18H2,1-3H3,(H,27,30)/t20-/m1/s1. The number of likely N-dealkylation sites (tertiary alicyclic amines) is 1. The van der Waals surface area contributed by atoms with Crippen molar-refractivity contribution in [3.8, 4) is 0 Å². The van der Waals surface area contributed by atoms with Crippen LogP contribution >= 0.6 is 11.8 Å². The van der Waals surface area contributed by atoms with Gasteiger partial charge in [0, 0.05) is 34.5 Å². The van der Waals surface area contributed by atoms with E-state index in [1.54, 1.807) is 11.8 Å². The van der Waals surface area contributed by atoms with Gasteiger partial charge in [-0.1, -0.05) is 44.2 Å². The van der Waals surface area contributed by atoms with Crippen molar-refractivity contribution in [2.45, 2.75) is 62.3 Å². The highest BCUT2D eigenvalue weighted by Crippen LogP contribution is 2.49. The van der Waals surface area contributed by atoms with E-state index in [1.807, 2.05) is 6.07 Å². The van der Waals surface area contributed by atoms with Crippen LogP contribution in [0.1, 0.15) is 56.8 Å². The minimum Gasteiger partial charge on any atom is -0.352 e. The Morgan fingerprint density at radius 1 is 1.00 bits per heavy atom. The number of carbonyl (C=O) groups excluding carboxylic acids is 1. The number of nitrogens with zero attached hydrogens (tertiary/aromatic N) is 2. The first kappa shape index (κ1) is 22.2. The number of anilines is 2. The van der Waals surface area contributed by atoms with Gasteiger partial charge in [-0.3, -0.25) is 4.79 Å². The molecule has 1 atom stereocenters. The summed E-state index contributed by atoms with van der Waals surface area (Å²) in [5.41, 5.74) is 3.16. The van der Waals surface area contributed by atoms with Crippen LogP contribution in [0.5, 0.6) is 0 Å². The first-order valence-corrected chi connectivity index (χ1v) is 12.6. The third kappa shape index (κ3) is 5.27. The molecule has 4 rings (SSSR count). The Labute approximate surface area is 191 Å². The molecule has 2 heterocycles. The van der Waals surface area contributed by atoms with Crippen molar-refractivity contribution in [3.63, 3.8) is 0 Å². The Hall–Kier alpha value is -1.98. The molecule has 5 heteroatoms. The summed E-state index contributed by atoms with van der Waals surface area (Å²) in [5.74, 6) is 0.610.